The average molecular weight is 428 g/mol. The van der Waals surface area contributed by atoms with Crippen molar-refractivity contribution < 1.29 is 14.3 Å². The highest BCUT2D eigenvalue weighted by atomic mass is 32.2. The molecule has 0 spiro atoms. The molecule has 0 bridgehead atoms. The molecule has 29 heavy (non-hydrogen) atoms. The summed E-state index contributed by atoms with van der Waals surface area (Å²) in [5, 5.41) is 3.33. The highest BCUT2D eigenvalue weighted by Gasteiger charge is 2.49. The molecule has 1 unspecified atom stereocenters. The van der Waals surface area contributed by atoms with Crippen LogP contribution in [0.25, 0.3) is 10.2 Å². The maximum Gasteiger partial charge on any atom is 0.252 e. The first kappa shape index (κ1) is 19.7. The van der Waals surface area contributed by atoms with E-state index in [1.807, 2.05) is 56.3 Å². The molecule has 0 saturated heterocycles. The lowest BCUT2D eigenvalue weighted by atomic mass is 10.1. The third-order valence-electron chi connectivity index (χ3n) is 4.76. The average Bonchev–Trinajstić information content (AvgIpc) is 3.10. The Kier molecular flexibility index (Phi) is 5.23. The molecule has 150 valence electrons. The van der Waals surface area contributed by atoms with Crippen molar-refractivity contribution in [3.8, 4) is 5.75 Å². The summed E-state index contributed by atoms with van der Waals surface area (Å²) in [4.78, 5) is 33.4. The van der Waals surface area contributed by atoms with Crippen molar-refractivity contribution in [2.24, 2.45) is 0 Å². The first-order valence-corrected chi connectivity index (χ1v) is 11.0. The fourth-order valence-corrected chi connectivity index (χ4v) is 5.39. The van der Waals surface area contributed by atoms with Gasteiger partial charge in [-0.2, -0.15) is 0 Å². The topological polar surface area (TPSA) is 71.5 Å². The maximum atomic E-state index is 13.2. The highest BCUT2D eigenvalue weighted by molar-refractivity contribution is 8.02. The summed E-state index contributed by atoms with van der Waals surface area (Å²) in [7, 11) is 0. The molecule has 1 N–H and O–H groups in total. The Morgan fingerprint density at radius 1 is 1.24 bits per heavy atom. The number of para-hydroxylation sites is 1. The highest BCUT2D eigenvalue weighted by Crippen LogP contribution is 2.45. The van der Waals surface area contributed by atoms with Crippen LogP contribution in [0, 0.1) is 0 Å². The minimum atomic E-state index is -1.27. The van der Waals surface area contributed by atoms with Gasteiger partial charge < -0.3 is 15.0 Å². The van der Waals surface area contributed by atoms with E-state index in [4.69, 9.17) is 4.74 Å². The van der Waals surface area contributed by atoms with E-state index in [-0.39, 0.29) is 11.8 Å². The zero-order valence-electron chi connectivity index (χ0n) is 16.4. The van der Waals surface area contributed by atoms with E-state index >= 15 is 0 Å². The van der Waals surface area contributed by atoms with Gasteiger partial charge in [0.05, 0.1) is 22.5 Å². The number of carbonyl (C=O) groups is 2. The van der Waals surface area contributed by atoms with Crippen LogP contribution in [-0.4, -0.2) is 34.7 Å². The number of nitrogens with zero attached hydrogens (tertiary/aromatic N) is 2. The van der Waals surface area contributed by atoms with Crippen molar-refractivity contribution in [2.75, 3.05) is 23.4 Å². The maximum absolute atomic E-state index is 13.2. The molecule has 3 aromatic rings. The van der Waals surface area contributed by atoms with Gasteiger partial charge in [0.1, 0.15) is 5.75 Å². The van der Waals surface area contributed by atoms with Crippen molar-refractivity contribution in [1.29, 1.82) is 0 Å². The molecule has 4 rings (SSSR count). The Morgan fingerprint density at radius 3 is 2.79 bits per heavy atom. The zero-order chi connectivity index (χ0) is 20.6. The predicted molar refractivity (Wildman–Crippen MR) is 118 cm³/mol. The Morgan fingerprint density at radius 2 is 2.03 bits per heavy atom. The van der Waals surface area contributed by atoms with Gasteiger partial charge in [-0.25, -0.2) is 4.98 Å². The number of ether oxygens (including phenoxy) is 1. The van der Waals surface area contributed by atoms with Gasteiger partial charge in [-0.05, 0) is 51.1 Å². The number of hydrogen-bond acceptors (Lipinski definition) is 6. The Bertz CT molecular complexity index is 1100. The lowest BCUT2D eigenvalue weighted by Gasteiger charge is -2.38. The van der Waals surface area contributed by atoms with Crippen LogP contribution in [0.3, 0.4) is 0 Å². The number of thiazole rings is 1. The van der Waals surface area contributed by atoms with Gasteiger partial charge in [-0.15, -0.1) is 0 Å². The van der Waals surface area contributed by atoms with Crippen molar-refractivity contribution >= 4 is 55.9 Å². The predicted octanol–water partition coefficient (Wildman–Crippen LogP) is 4.55. The molecule has 1 atom stereocenters. The number of benzene rings is 2. The van der Waals surface area contributed by atoms with Crippen LogP contribution in [0.1, 0.15) is 20.8 Å². The summed E-state index contributed by atoms with van der Waals surface area (Å²) < 4.78 is 5.18. The summed E-state index contributed by atoms with van der Waals surface area (Å²) in [6.45, 7) is 6.60. The molecule has 1 aromatic heterocycles. The smallest absolute Gasteiger partial charge is 0.252 e. The minimum Gasteiger partial charge on any atom is -0.494 e. The molecule has 2 heterocycles. The van der Waals surface area contributed by atoms with Gasteiger partial charge in [-0.3, -0.25) is 9.59 Å². The van der Waals surface area contributed by atoms with Crippen molar-refractivity contribution in [2.45, 2.75) is 30.4 Å². The monoisotopic (exact) mass is 427 g/mol. The number of carbonyl (C=O) groups excluding carboxylic acids is 2. The van der Waals surface area contributed by atoms with Gasteiger partial charge in [0, 0.05) is 11.4 Å². The fraction of sp³-hybridized carbons (Fsp3) is 0.286. The van der Waals surface area contributed by atoms with E-state index in [2.05, 4.69) is 10.3 Å². The number of anilines is 2. The zero-order valence-corrected chi connectivity index (χ0v) is 18.0. The van der Waals surface area contributed by atoms with E-state index in [1.165, 1.54) is 23.1 Å². The lowest BCUT2D eigenvalue weighted by molar-refractivity contribution is -0.128. The van der Waals surface area contributed by atoms with Crippen LogP contribution in [0.15, 0.2) is 47.4 Å². The lowest BCUT2D eigenvalue weighted by Crippen LogP contribution is -2.54. The van der Waals surface area contributed by atoms with Crippen LogP contribution in [0.4, 0.5) is 10.8 Å². The minimum absolute atomic E-state index is 0.221. The van der Waals surface area contributed by atoms with Gasteiger partial charge in [-0.1, -0.05) is 35.2 Å². The number of hydrogen-bond donors (Lipinski definition) is 1. The second-order valence-corrected chi connectivity index (χ2v) is 9.18. The Hall–Kier alpha value is -2.58. The third-order valence-corrected chi connectivity index (χ3v) is 7.03. The van der Waals surface area contributed by atoms with Crippen LogP contribution in [-0.2, 0) is 9.59 Å². The molecule has 2 aromatic carbocycles. The van der Waals surface area contributed by atoms with Crippen LogP contribution in [0.2, 0.25) is 0 Å². The normalized spacial score (nSPS) is 18.6. The number of thioether (sulfide) groups is 1. The van der Waals surface area contributed by atoms with Crippen LogP contribution >= 0.6 is 23.1 Å². The molecule has 0 fully saturated rings. The summed E-state index contributed by atoms with van der Waals surface area (Å²) in [5.41, 5.74) is 1.63. The van der Waals surface area contributed by atoms with Crippen molar-refractivity contribution in [1.82, 2.24) is 4.98 Å². The summed E-state index contributed by atoms with van der Waals surface area (Å²) in [6.07, 6.45) is 0. The third kappa shape index (κ3) is 3.47. The summed E-state index contributed by atoms with van der Waals surface area (Å²) in [6, 6.07) is 13.3. The van der Waals surface area contributed by atoms with Gasteiger partial charge >= 0.3 is 0 Å². The molecular weight excluding hydrogens is 406 g/mol. The molecule has 0 radical (unpaired) electrons. The molecule has 1 aliphatic heterocycles. The van der Waals surface area contributed by atoms with E-state index in [0.717, 1.165) is 26.5 Å². The van der Waals surface area contributed by atoms with Gasteiger partial charge in [0.2, 0.25) is 0 Å². The van der Waals surface area contributed by atoms with Crippen molar-refractivity contribution in [3.63, 3.8) is 0 Å². The molecule has 1 aliphatic rings. The number of nitrogens with one attached hydrogen (secondary N) is 1. The van der Waals surface area contributed by atoms with Crippen LogP contribution < -0.4 is 15.0 Å². The number of aromatic nitrogens is 1. The molecule has 2 amide bonds. The van der Waals surface area contributed by atoms with Crippen molar-refractivity contribution in [3.05, 3.63) is 42.5 Å². The number of rotatable bonds is 5. The van der Waals surface area contributed by atoms with E-state index in [0.29, 0.717) is 18.3 Å². The summed E-state index contributed by atoms with van der Waals surface area (Å²) >= 11 is 2.65. The SMILES string of the molecule is CCOc1ccc2nc(NC(=O)C3(C)Sc4ccccc4N(CC)C3=O)sc2c1. The first-order chi connectivity index (χ1) is 14.0. The van der Waals surface area contributed by atoms with E-state index in [9.17, 15) is 9.59 Å². The Labute approximate surface area is 177 Å². The van der Waals surface area contributed by atoms with Gasteiger partial charge in [0.25, 0.3) is 11.8 Å². The summed E-state index contributed by atoms with van der Waals surface area (Å²) in [5.74, 6) is 0.173. The van der Waals surface area contributed by atoms with E-state index < -0.39 is 4.75 Å². The molecule has 6 nitrogen and oxygen atoms in total. The first-order valence-electron chi connectivity index (χ1n) is 9.41. The van der Waals surface area contributed by atoms with Crippen LogP contribution in [0.5, 0.6) is 5.75 Å². The quantitative estimate of drug-likeness (QED) is 0.605. The fourth-order valence-electron chi connectivity index (χ4n) is 3.29. The standard InChI is InChI=1S/C21H21N3O3S2/c1-4-24-15-8-6-7-9-16(15)29-21(3,19(24)26)18(25)23-20-22-14-11-10-13(27-5-2)12-17(14)28-20/h6-12H,4-5H2,1-3H3,(H,22,23,25). The molecule has 0 saturated carbocycles. The molecule has 0 aliphatic carbocycles. The second kappa shape index (κ2) is 7.68. The second-order valence-electron chi connectivity index (χ2n) is 6.69. The molecule has 8 heteroatoms. The molecular formula is C21H21N3O3S2. The van der Waals surface area contributed by atoms with E-state index in [1.54, 1.807) is 11.8 Å². The Balaban J connectivity index is 1.62. The number of amides is 2. The largest absolute Gasteiger partial charge is 0.494 e. The number of fused-ring (bicyclic) bond motifs is 2. The van der Waals surface area contributed by atoms with Gasteiger partial charge in [0.15, 0.2) is 9.88 Å².